The van der Waals surface area contributed by atoms with Gasteiger partial charge < -0.3 is 5.11 Å². The Kier molecular flexibility index (Phi) is 4.40. The molecule has 0 aliphatic carbocycles. The predicted octanol–water partition coefficient (Wildman–Crippen LogP) is 4.55. The maximum Gasteiger partial charge on any atom is 0.131 e. The van der Waals surface area contributed by atoms with Crippen LogP contribution in [0.4, 0.5) is 8.78 Å². The van der Waals surface area contributed by atoms with Crippen LogP contribution in [0.15, 0.2) is 36.4 Å². The van der Waals surface area contributed by atoms with E-state index in [0.717, 1.165) is 12.1 Å². The number of hydrogen-bond donors (Lipinski definition) is 1. The van der Waals surface area contributed by atoms with Crippen LogP contribution in [0.3, 0.4) is 0 Å². The Morgan fingerprint density at radius 3 is 2.26 bits per heavy atom. The largest absolute Gasteiger partial charge is 0.388 e. The number of halogens is 4. The highest BCUT2D eigenvalue weighted by Gasteiger charge is 2.17. The predicted molar refractivity (Wildman–Crippen MR) is 71.5 cm³/mol. The summed E-state index contributed by atoms with van der Waals surface area (Å²) in [5.41, 5.74) is 0.541. The van der Waals surface area contributed by atoms with Crippen molar-refractivity contribution in [2.75, 3.05) is 0 Å². The fraction of sp³-hybridized carbons (Fsp3) is 0.143. The Bertz CT molecular complexity index is 582. The molecular weight excluding hydrogens is 293 g/mol. The minimum absolute atomic E-state index is 0.0115. The number of benzene rings is 2. The van der Waals surface area contributed by atoms with Crippen molar-refractivity contribution in [3.63, 3.8) is 0 Å². The summed E-state index contributed by atoms with van der Waals surface area (Å²) in [5, 5.41) is 10.8. The van der Waals surface area contributed by atoms with E-state index in [1.54, 1.807) is 18.2 Å². The van der Waals surface area contributed by atoms with E-state index in [4.69, 9.17) is 23.2 Å². The van der Waals surface area contributed by atoms with Gasteiger partial charge >= 0.3 is 0 Å². The molecule has 0 saturated carbocycles. The first-order valence-corrected chi connectivity index (χ1v) is 6.30. The van der Waals surface area contributed by atoms with E-state index >= 15 is 0 Å². The summed E-state index contributed by atoms with van der Waals surface area (Å²) in [7, 11) is 0. The smallest absolute Gasteiger partial charge is 0.131 e. The van der Waals surface area contributed by atoms with Crippen LogP contribution in [0.5, 0.6) is 0 Å². The Hall–Kier alpha value is -1.16. The normalized spacial score (nSPS) is 12.5. The molecule has 0 aliphatic rings. The van der Waals surface area contributed by atoms with Crippen molar-refractivity contribution in [3.8, 4) is 0 Å². The summed E-state index contributed by atoms with van der Waals surface area (Å²) in [5.74, 6) is -1.49. The monoisotopic (exact) mass is 302 g/mol. The summed E-state index contributed by atoms with van der Waals surface area (Å²) in [6, 6.07) is 7.98. The van der Waals surface area contributed by atoms with Gasteiger partial charge in [-0.05, 0) is 23.8 Å². The van der Waals surface area contributed by atoms with Gasteiger partial charge in [0.2, 0.25) is 0 Å². The van der Waals surface area contributed by atoms with Crippen molar-refractivity contribution in [1.29, 1.82) is 0 Å². The molecule has 0 aliphatic heterocycles. The molecule has 0 aromatic heterocycles. The van der Waals surface area contributed by atoms with Crippen LogP contribution in [0.2, 0.25) is 10.0 Å². The van der Waals surface area contributed by atoms with E-state index in [1.165, 1.54) is 6.07 Å². The molecule has 2 aromatic carbocycles. The van der Waals surface area contributed by atoms with Crippen LogP contribution in [0.1, 0.15) is 17.2 Å². The zero-order valence-corrected chi connectivity index (χ0v) is 11.2. The van der Waals surface area contributed by atoms with Gasteiger partial charge in [0.05, 0.1) is 6.10 Å². The molecule has 0 heterocycles. The zero-order valence-electron chi connectivity index (χ0n) is 9.71. The molecule has 0 fully saturated rings. The van der Waals surface area contributed by atoms with Gasteiger partial charge in [0, 0.05) is 28.1 Å². The van der Waals surface area contributed by atoms with E-state index in [0.29, 0.717) is 15.6 Å². The summed E-state index contributed by atoms with van der Waals surface area (Å²) < 4.78 is 26.3. The van der Waals surface area contributed by atoms with Crippen LogP contribution in [-0.2, 0) is 6.42 Å². The molecule has 5 heteroatoms. The molecule has 1 nitrogen and oxygen atoms in total. The van der Waals surface area contributed by atoms with E-state index in [-0.39, 0.29) is 12.0 Å². The third-order valence-electron chi connectivity index (χ3n) is 2.78. The first-order valence-electron chi connectivity index (χ1n) is 5.55. The van der Waals surface area contributed by atoms with Crippen LogP contribution in [-0.4, -0.2) is 5.11 Å². The maximum atomic E-state index is 13.5. The lowest BCUT2D eigenvalue weighted by molar-refractivity contribution is 0.173. The molecule has 19 heavy (non-hydrogen) atoms. The third-order valence-corrected chi connectivity index (χ3v) is 3.49. The summed E-state index contributed by atoms with van der Waals surface area (Å²) in [4.78, 5) is 0. The van der Waals surface area contributed by atoms with Crippen LogP contribution in [0, 0.1) is 11.6 Å². The van der Waals surface area contributed by atoms with Crippen molar-refractivity contribution in [3.05, 3.63) is 69.2 Å². The average molecular weight is 303 g/mol. The Morgan fingerprint density at radius 1 is 1.05 bits per heavy atom. The van der Waals surface area contributed by atoms with Gasteiger partial charge in [0.1, 0.15) is 11.6 Å². The lowest BCUT2D eigenvalue weighted by Gasteiger charge is -2.14. The molecule has 0 bridgehead atoms. The molecular formula is C14H10Cl2F2O. The van der Waals surface area contributed by atoms with Gasteiger partial charge in [0.25, 0.3) is 0 Å². The molecule has 1 N–H and O–H groups in total. The van der Waals surface area contributed by atoms with Crippen LogP contribution < -0.4 is 0 Å². The fourth-order valence-corrected chi connectivity index (χ4v) is 2.35. The van der Waals surface area contributed by atoms with Crippen LogP contribution >= 0.6 is 23.2 Å². The first kappa shape index (κ1) is 14.3. The minimum Gasteiger partial charge on any atom is -0.388 e. The maximum absolute atomic E-state index is 13.5. The van der Waals surface area contributed by atoms with Gasteiger partial charge in [-0.2, -0.15) is 0 Å². The lowest BCUT2D eigenvalue weighted by atomic mass is 10.0. The fourth-order valence-electron chi connectivity index (χ4n) is 1.80. The quantitative estimate of drug-likeness (QED) is 0.882. The van der Waals surface area contributed by atoms with E-state index in [9.17, 15) is 13.9 Å². The third kappa shape index (κ3) is 3.24. The average Bonchev–Trinajstić information content (AvgIpc) is 2.33. The molecule has 0 saturated heterocycles. The van der Waals surface area contributed by atoms with Crippen molar-refractivity contribution in [2.24, 2.45) is 0 Å². The standard InChI is InChI=1S/C14H10Cl2F2O/c15-11-2-1-3-12(16)10(11)7-14(19)9-5-4-8(17)6-13(9)18/h1-6,14,19H,7H2. The van der Waals surface area contributed by atoms with Crippen molar-refractivity contribution >= 4 is 23.2 Å². The van der Waals surface area contributed by atoms with E-state index < -0.39 is 17.7 Å². The molecule has 100 valence electrons. The van der Waals surface area contributed by atoms with Crippen LogP contribution in [0.25, 0.3) is 0 Å². The minimum atomic E-state index is -1.14. The molecule has 2 rings (SSSR count). The van der Waals surface area contributed by atoms with Gasteiger partial charge in [-0.3, -0.25) is 0 Å². The van der Waals surface area contributed by atoms with Crippen molar-refractivity contribution in [1.82, 2.24) is 0 Å². The summed E-state index contributed by atoms with van der Waals surface area (Å²) in [6.07, 6.45) is -1.08. The summed E-state index contributed by atoms with van der Waals surface area (Å²) >= 11 is 12.0. The van der Waals surface area contributed by atoms with E-state index in [1.807, 2.05) is 0 Å². The highest BCUT2D eigenvalue weighted by atomic mass is 35.5. The summed E-state index contributed by atoms with van der Waals surface area (Å²) in [6.45, 7) is 0. The highest BCUT2D eigenvalue weighted by Crippen LogP contribution is 2.30. The Labute approximate surface area is 119 Å². The molecule has 1 atom stereocenters. The topological polar surface area (TPSA) is 20.2 Å². The molecule has 0 amide bonds. The van der Waals surface area contributed by atoms with Gasteiger partial charge in [-0.1, -0.05) is 35.3 Å². The van der Waals surface area contributed by atoms with Gasteiger partial charge in [-0.15, -0.1) is 0 Å². The highest BCUT2D eigenvalue weighted by molar-refractivity contribution is 6.35. The van der Waals surface area contributed by atoms with E-state index in [2.05, 4.69) is 0 Å². The SMILES string of the molecule is OC(Cc1c(Cl)cccc1Cl)c1ccc(F)cc1F. The number of rotatable bonds is 3. The molecule has 0 spiro atoms. The van der Waals surface area contributed by atoms with Gasteiger partial charge in [0.15, 0.2) is 0 Å². The van der Waals surface area contributed by atoms with Gasteiger partial charge in [-0.25, -0.2) is 8.78 Å². The first-order chi connectivity index (χ1) is 8.99. The number of hydrogen-bond acceptors (Lipinski definition) is 1. The second-order valence-electron chi connectivity index (χ2n) is 4.09. The lowest BCUT2D eigenvalue weighted by Crippen LogP contribution is -2.05. The Morgan fingerprint density at radius 2 is 1.68 bits per heavy atom. The number of aliphatic hydroxyl groups is 1. The number of aliphatic hydroxyl groups excluding tert-OH is 1. The molecule has 2 aromatic rings. The van der Waals surface area contributed by atoms with Crippen molar-refractivity contribution in [2.45, 2.75) is 12.5 Å². The Balaban J connectivity index is 2.28. The molecule has 1 unspecified atom stereocenters. The van der Waals surface area contributed by atoms with Crippen molar-refractivity contribution < 1.29 is 13.9 Å². The second kappa shape index (κ2) is 5.87. The molecule has 0 radical (unpaired) electrons. The second-order valence-corrected chi connectivity index (χ2v) is 4.90. The zero-order chi connectivity index (χ0) is 14.0.